The first-order valence-corrected chi connectivity index (χ1v) is 9.75. The molecule has 0 unspecified atom stereocenters. The van der Waals surface area contributed by atoms with E-state index >= 15 is 0 Å². The van der Waals surface area contributed by atoms with Crippen LogP contribution in [0.1, 0.15) is 38.7 Å². The van der Waals surface area contributed by atoms with Crippen LogP contribution in [0.3, 0.4) is 0 Å². The molecule has 1 fully saturated rings. The lowest BCUT2D eigenvalue weighted by Crippen LogP contribution is -2.39. The molecule has 1 aromatic carbocycles. The summed E-state index contributed by atoms with van der Waals surface area (Å²) >= 11 is 0. The number of rotatable bonds is 2. The van der Waals surface area contributed by atoms with E-state index in [0.29, 0.717) is 30.4 Å². The molecule has 6 heteroatoms. The summed E-state index contributed by atoms with van der Waals surface area (Å²) in [4.78, 5) is 13.8. The van der Waals surface area contributed by atoms with Crippen LogP contribution < -0.4 is 4.90 Å². The molecule has 1 saturated heterocycles. The minimum Gasteiger partial charge on any atom is -0.312 e. The Morgan fingerprint density at radius 3 is 2.70 bits per heavy atom. The number of amides is 1. The quantitative estimate of drug-likeness (QED) is 0.833. The van der Waals surface area contributed by atoms with Crippen LogP contribution in [0.5, 0.6) is 0 Å². The monoisotopic (exact) mass is 336 g/mol. The third-order valence-corrected chi connectivity index (χ3v) is 6.67. The van der Waals surface area contributed by atoms with Crippen LogP contribution in [0, 0.1) is 5.92 Å². The Morgan fingerprint density at radius 2 is 2.00 bits per heavy atom. The highest BCUT2D eigenvalue weighted by Gasteiger charge is 2.30. The first-order chi connectivity index (χ1) is 10.9. The van der Waals surface area contributed by atoms with Crippen molar-refractivity contribution in [3.8, 4) is 0 Å². The van der Waals surface area contributed by atoms with Gasteiger partial charge in [0, 0.05) is 32.2 Å². The molecule has 5 nitrogen and oxygen atoms in total. The number of carbonyl (C=O) groups is 1. The minimum atomic E-state index is -3.48. The van der Waals surface area contributed by atoms with Gasteiger partial charge in [0.1, 0.15) is 0 Å². The maximum absolute atomic E-state index is 12.9. The van der Waals surface area contributed by atoms with E-state index in [1.165, 1.54) is 6.92 Å². The molecule has 0 aromatic heterocycles. The molecule has 2 aliphatic rings. The van der Waals surface area contributed by atoms with Crippen molar-refractivity contribution >= 4 is 21.6 Å². The van der Waals surface area contributed by atoms with Gasteiger partial charge in [0.2, 0.25) is 15.9 Å². The number of hydrogen-bond acceptors (Lipinski definition) is 3. The van der Waals surface area contributed by atoms with E-state index in [4.69, 9.17) is 0 Å². The molecule has 0 bridgehead atoms. The summed E-state index contributed by atoms with van der Waals surface area (Å²) in [7, 11) is -3.48. The van der Waals surface area contributed by atoms with E-state index in [1.807, 2.05) is 6.07 Å². The van der Waals surface area contributed by atoms with Crippen molar-refractivity contribution in [3.63, 3.8) is 0 Å². The number of nitrogens with zero attached hydrogens (tertiary/aromatic N) is 2. The number of sulfonamides is 1. The van der Waals surface area contributed by atoms with Gasteiger partial charge in [-0.3, -0.25) is 4.79 Å². The third-order valence-electron chi connectivity index (χ3n) is 4.81. The van der Waals surface area contributed by atoms with Gasteiger partial charge >= 0.3 is 0 Å². The minimum absolute atomic E-state index is 0.0351. The van der Waals surface area contributed by atoms with Gasteiger partial charge in [0.05, 0.1) is 4.90 Å². The second-order valence-corrected chi connectivity index (χ2v) is 8.61. The van der Waals surface area contributed by atoms with Gasteiger partial charge < -0.3 is 4.90 Å². The average molecular weight is 336 g/mol. The van der Waals surface area contributed by atoms with Crippen molar-refractivity contribution in [2.24, 2.45) is 5.92 Å². The number of piperidine rings is 1. The zero-order valence-electron chi connectivity index (χ0n) is 13.8. The molecule has 3 rings (SSSR count). The normalized spacial score (nSPS) is 22.7. The first-order valence-electron chi connectivity index (χ1n) is 8.31. The predicted octanol–water partition coefficient (Wildman–Crippen LogP) is 2.41. The zero-order valence-corrected chi connectivity index (χ0v) is 14.6. The molecule has 2 aliphatic heterocycles. The predicted molar refractivity (Wildman–Crippen MR) is 89.9 cm³/mol. The molecular weight excluding hydrogens is 312 g/mol. The second-order valence-electron chi connectivity index (χ2n) is 6.68. The summed E-state index contributed by atoms with van der Waals surface area (Å²) in [5.41, 5.74) is 1.81. The van der Waals surface area contributed by atoms with E-state index < -0.39 is 10.0 Å². The van der Waals surface area contributed by atoms with Gasteiger partial charge in [0.15, 0.2) is 0 Å². The molecule has 0 aliphatic carbocycles. The van der Waals surface area contributed by atoms with Gasteiger partial charge in [0.25, 0.3) is 0 Å². The molecule has 0 radical (unpaired) electrons. The van der Waals surface area contributed by atoms with Crippen LogP contribution in [0.15, 0.2) is 23.1 Å². The van der Waals surface area contributed by atoms with Crippen molar-refractivity contribution in [2.45, 2.75) is 44.4 Å². The van der Waals surface area contributed by atoms with Crippen LogP contribution in [0.25, 0.3) is 0 Å². The molecule has 23 heavy (non-hydrogen) atoms. The summed E-state index contributed by atoms with van der Waals surface area (Å²) < 4.78 is 27.4. The summed E-state index contributed by atoms with van der Waals surface area (Å²) in [5, 5.41) is 0. The molecule has 2 heterocycles. The topological polar surface area (TPSA) is 57.7 Å². The fourth-order valence-electron chi connectivity index (χ4n) is 3.56. The average Bonchev–Trinajstić information content (AvgIpc) is 2.53. The Bertz CT molecular complexity index is 715. The number of hydrogen-bond donors (Lipinski definition) is 0. The summed E-state index contributed by atoms with van der Waals surface area (Å²) in [5.74, 6) is 0.358. The highest BCUT2D eigenvalue weighted by Crippen LogP contribution is 2.32. The van der Waals surface area contributed by atoms with E-state index in [9.17, 15) is 13.2 Å². The second kappa shape index (κ2) is 6.24. The van der Waals surface area contributed by atoms with E-state index in [0.717, 1.165) is 36.9 Å². The van der Waals surface area contributed by atoms with Crippen LogP contribution in [0.2, 0.25) is 0 Å². The van der Waals surface area contributed by atoms with Crippen molar-refractivity contribution in [1.29, 1.82) is 0 Å². The molecule has 126 valence electrons. The van der Waals surface area contributed by atoms with Gasteiger partial charge in [-0.15, -0.1) is 0 Å². The van der Waals surface area contributed by atoms with Crippen molar-refractivity contribution in [1.82, 2.24) is 4.31 Å². The molecule has 1 aromatic rings. The highest BCUT2D eigenvalue weighted by atomic mass is 32.2. The van der Waals surface area contributed by atoms with Crippen LogP contribution in [-0.2, 0) is 21.2 Å². The molecule has 0 saturated carbocycles. The smallest absolute Gasteiger partial charge is 0.243 e. The Hall–Kier alpha value is -1.40. The standard InChI is InChI=1S/C17H24N2O3S/c1-13-5-3-9-18(12-13)23(21,22)16-8-7-15-6-4-10-19(14(2)20)17(15)11-16/h7-8,11,13H,3-6,9-10,12H2,1-2H3/t13-/m0/s1. The number of anilines is 1. The molecule has 0 spiro atoms. The zero-order chi connectivity index (χ0) is 16.6. The summed E-state index contributed by atoms with van der Waals surface area (Å²) in [6.45, 7) is 5.44. The fraction of sp³-hybridized carbons (Fsp3) is 0.588. The number of benzene rings is 1. The van der Waals surface area contributed by atoms with Crippen molar-refractivity contribution in [2.75, 3.05) is 24.5 Å². The summed E-state index contributed by atoms with van der Waals surface area (Å²) in [6, 6.07) is 5.24. The summed E-state index contributed by atoms with van der Waals surface area (Å²) in [6.07, 6.45) is 3.79. The lowest BCUT2D eigenvalue weighted by molar-refractivity contribution is -0.116. The lowest BCUT2D eigenvalue weighted by Gasteiger charge is -2.32. The molecule has 1 amide bonds. The Balaban J connectivity index is 1.97. The molecule has 0 N–H and O–H groups in total. The van der Waals surface area contributed by atoms with E-state index in [1.54, 1.807) is 21.3 Å². The third kappa shape index (κ3) is 3.15. The van der Waals surface area contributed by atoms with Crippen molar-refractivity contribution in [3.05, 3.63) is 23.8 Å². The first kappa shape index (κ1) is 16.5. The number of fused-ring (bicyclic) bond motifs is 1. The fourth-order valence-corrected chi connectivity index (χ4v) is 5.17. The largest absolute Gasteiger partial charge is 0.312 e. The number of aryl methyl sites for hydroxylation is 1. The maximum atomic E-state index is 12.9. The van der Waals surface area contributed by atoms with E-state index in [-0.39, 0.29) is 5.91 Å². The highest BCUT2D eigenvalue weighted by molar-refractivity contribution is 7.89. The maximum Gasteiger partial charge on any atom is 0.243 e. The van der Waals surface area contributed by atoms with Crippen molar-refractivity contribution < 1.29 is 13.2 Å². The Morgan fingerprint density at radius 1 is 1.22 bits per heavy atom. The van der Waals surface area contributed by atoms with E-state index in [2.05, 4.69) is 6.92 Å². The van der Waals surface area contributed by atoms with Gasteiger partial charge in [-0.25, -0.2) is 8.42 Å². The van der Waals surface area contributed by atoms with Gasteiger partial charge in [-0.2, -0.15) is 4.31 Å². The van der Waals surface area contributed by atoms with Gasteiger partial charge in [-0.1, -0.05) is 13.0 Å². The van der Waals surface area contributed by atoms with Crippen LogP contribution >= 0.6 is 0 Å². The van der Waals surface area contributed by atoms with Crippen LogP contribution in [-0.4, -0.2) is 38.3 Å². The van der Waals surface area contributed by atoms with Gasteiger partial charge in [-0.05, 0) is 49.3 Å². The Labute approximate surface area is 138 Å². The lowest BCUT2D eigenvalue weighted by atomic mass is 10.0. The molecule has 1 atom stereocenters. The van der Waals surface area contributed by atoms with Crippen LogP contribution in [0.4, 0.5) is 5.69 Å². The molecular formula is C17H24N2O3S. The number of carbonyl (C=O) groups excluding carboxylic acids is 1. The Kier molecular flexibility index (Phi) is 4.47. The SMILES string of the molecule is CC(=O)N1CCCc2ccc(S(=O)(=O)N3CCC[C@H](C)C3)cc21.